The third-order valence-electron chi connectivity index (χ3n) is 3.59. The summed E-state index contributed by atoms with van der Waals surface area (Å²) in [6, 6.07) is -0.471. The molecule has 0 aromatic carbocycles. The molecule has 0 spiro atoms. The summed E-state index contributed by atoms with van der Waals surface area (Å²) in [6.07, 6.45) is 4.34. The van der Waals surface area contributed by atoms with Crippen LogP contribution in [0.5, 0.6) is 0 Å². The van der Waals surface area contributed by atoms with Gasteiger partial charge in [-0.15, -0.1) is 0 Å². The Kier molecular flexibility index (Phi) is 5.22. The van der Waals surface area contributed by atoms with Gasteiger partial charge in [0.1, 0.15) is 6.04 Å². The maximum Gasteiger partial charge on any atom is 0.322 e. The highest BCUT2D eigenvalue weighted by atomic mass is 16.5. The molecule has 0 heterocycles. The molecule has 1 saturated carbocycles. The Morgan fingerprint density at radius 3 is 2.62 bits per heavy atom. The highest BCUT2D eigenvalue weighted by Crippen LogP contribution is 2.33. The van der Waals surface area contributed by atoms with Gasteiger partial charge < -0.3 is 15.2 Å². The van der Waals surface area contributed by atoms with Crippen molar-refractivity contribution >= 4 is 5.97 Å². The van der Waals surface area contributed by atoms with Gasteiger partial charge in [-0.25, -0.2) is 0 Å². The minimum absolute atomic E-state index is 0.304. The van der Waals surface area contributed by atoms with E-state index in [1.807, 2.05) is 0 Å². The molecular weight excluding hydrogens is 206 g/mol. The molecule has 94 valence electrons. The molecular formula is C12H23NO3. The van der Waals surface area contributed by atoms with Gasteiger partial charge in [0.15, 0.2) is 0 Å². The summed E-state index contributed by atoms with van der Waals surface area (Å²) < 4.78 is 10.0. The number of carbonyl (C=O) groups excluding carboxylic acids is 1. The molecule has 4 unspecified atom stereocenters. The molecule has 4 heteroatoms. The standard InChI is InChI=1S/C12H23NO3/c1-8-6-9(4-5-11(8)15-2)7-10(13)12(14)16-3/h8-11H,4-7,13H2,1-3H3. The summed E-state index contributed by atoms with van der Waals surface area (Å²) in [4.78, 5) is 11.2. The van der Waals surface area contributed by atoms with Gasteiger partial charge in [0, 0.05) is 7.11 Å². The van der Waals surface area contributed by atoms with Crippen LogP contribution in [-0.2, 0) is 14.3 Å². The average Bonchev–Trinajstić information content (AvgIpc) is 2.28. The lowest BCUT2D eigenvalue weighted by Crippen LogP contribution is -2.36. The van der Waals surface area contributed by atoms with Gasteiger partial charge in [0.2, 0.25) is 0 Å². The first-order valence-electron chi connectivity index (χ1n) is 5.94. The van der Waals surface area contributed by atoms with Crippen molar-refractivity contribution in [1.82, 2.24) is 0 Å². The number of esters is 1. The predicted octanol–water partition coefficient (Wildman–Crippen LogP) is 1.33. The van der Waals surface area contributed by atoms with Gasteiger partial charge in [-0.3, -0.25) is 4.79 Å². The van der Waals surface area contributed by atoms with Crippen LogP contribution in [-0.4, -0.2) is 32.3 Å². The molecule has 4 atom stereocenters. The third-order valence-corrected chi connectivity index (χ3v) is 3.59. The van der Waals surface area contributed by atoms with Crippen molar-refractivity contribution in [1.29, 1.82) is 0 Å². The number of carbonyl (C=O) groups is 1. The maximum atomic E-state index is 11.2. The summed E-state index contributed by atoms with van der Waals surface area (Å²) in [5.41, 5.74) is 5.77. The van der Waals surface area contributed by atoms with Gasteiger partial charge in [0.05, 0.1) is 13.2 Å². The fraction of sp³-hybridized carbons (Fsp3) is 0.917. The molecule has 0 bridgehead atoms. The topological polar surface area (TPSA) is 61.5 Å². The number of hydrogen-bond acceptors (Lipinski definition) is 4. The van der Waals surface area contributed by atoms with Gasteiger partial charge >= 0.3 is 5.97 Å². The van der Waals surface area contributed by atoms with Crippen molar-refractivity contribution in [2.75, 3.05) is 14.2 Å². The third kappa shape index (κ3) is 3.46. The van der Waals surface area contributed by atoms with Crippen LogP contribution in [0, 0.1) is 11.8 Å². The molecule has 0 radical (unpaired) electrons. The van der Waals surface area contributed by atoms with E-state index in [1.54, 1.807) is 7.11 Å². The predicted molar refractivity (Wildman–Crippen MR) is 61.9 cm³/mol. The van der Waals surface area contributed by atoms with E-state index in [2.05, 4.69) is 11.7 Å². The van der Waals surface area contributed by atoms with E-state index in [0.717, 1.165) is 25.7 Å². The van der Waals surface area contributed by atoms with Gasteiger partial charge in [0.25, 0.3) is 0 Å². The Balaban J connectivity index is 2.37. The van der Waals surface area contributed by atoms with Crippen molar-refractivity contribution < 1.29 is 14.3 Å². The summed E-state index contributed by atoms with van der Waals surface area (Å²) >= 11 is 0. The molecule has 4 nitrogen and oxygen atoms in total. The largest absolute Gasteiger partial charge is 0.468 e. The minimum atomic E-state index is -0.471. The highest BCUT2D eigenvalue weighted by Gasteiger charge is 2.29. The van der Waals surface area contributed by atoms with Crippen LogP contribution >= 0.6 is 0 Å². The molecule has 1 aliphatic carbocycles. The van der Waals surface area contributed by atoms with Crippen molar-refractivity contribution in [3.05, 3.63) is 0 Å². The smallest absolute Gasteiger partial charge is 0.322 e. The molecule has 2 N–H and O–H groups in total. The van der Waals surface area contributed by atoms with Crippen LogP contribution in [0.3, 0.4) is 0 Å². The lowest BCUT2D eigenvalue weighted by Gasteiger charge is -2.33. The van der Waals surface area contributed by atoms with E-state index in [9.17, 15) is 4.79 Å². The van der Waals surface area contributed by atoms with Gasteiger partial charge in [-0.1, -0.05) is 6.92 Å². The van der Waals surface area contributed by atoms with Crippen molar-refractivity contribution in [3.63, 3.8) is 0 Å². The Bertz CT molecular complexity index is 232. The molecule has 0 aromatic heterocycles. The quantitative estimate of drug-likeness (QED) is 0.739. The van der Waals surface area contributed by atoms with Crippen LogP contribution in [0.1, 0.15) is 32.6 Å². The molecule has 0 saturated heterocycles. The molecule has 1 aliphatic rings. The second kappa shape index (κ2) is 6.21. The van der Waals surface area contributed by atoms with Crippen molar-refractivity contribution in [3.8, 4) is 0 Å². The monoisotopic (exact) mass is 229 g/mol. The van der Waals surface area contributed by atoms with Crippen LogP contribution < -0.4 is 5.73 Å². The number of rotatable bonds is 4. The average molecular weight is 229 g/mol. The first-order chi connectivity index (χ1) is 7.58. The highest BCUT2D eigenvalue weighted by molar-refractivity contribution is 5.75. The van der Waals surface area contributed by atoms with Gasteiger partial charge in [-0.05, 0) is 37.5 Å². The number of nitrogens with two attached hydrogens (primary N) is 1. The van der Waals surface area contributed by atoms with E-state index in [1.165, 1.54) is 7.11 Å². The van der Waals surface area contributed by atoms with Crippen molar-refractivity contribution in [2.24, 2.45) is 17.6 Å². The second-order valence-electron chi connectivity index (χ2n) is 4.80. The fourth-order valence-electron chi connectivity index (χ4n) is 2.65. The molecule has 0 aliphatic heterocycles. The summed E-state index contributed by atoms with van der Waals surface area (Å²) in [7, 11) is 3.15. The maximum absolute atomic E-state index is 11.2. The fourth-order valence-corrected chi connectivity index (χ4v) is 2.65. The molecule has 0 aromatic rings. The van der Waals surface area contributed by atoms with Crippen LogP contribution in [0.4, 0.5) is 0 Å². The Hall–Kier alpha value is -0.610. The second-order valence-corrected chi connectivity index (χ2v) is 4.80. The number of methoxy groups -OCH3 is 2. The number of ether oxygens (including phenoxy) is 2. The Morgan fingerprint density at radius 2 is 2.12 bits per heavy atom. The van der Waals surface area contributed by atoms with E-state index < -0.39 is 6.04 Å². The lowest BCUT2D eigenvalue weighted by atomic mass is 9.78. The zero-order valence-corrected chi connectivity index (χ0v) is 10.4. The summed E-state index contributed by atoms with van der Waals surface area (Å²) in [5, 5.41) is 0. The van der Waals surface area contributed by atoms with Gasteiger partial charge in [-0.2, -0.15) is 0 Å². The van der Waals surface area contributed by atoms with Crippen molar-refractivity contribution in [2.45, 2.75) is 44.8 Å². The lowest BCUT2D eigenvalue weighted by molar-refractivity contribution is -0.142. The zero-order chi connectivity index (χ0) is 12.1. The van der Waals surface area contributed by atoms with Crippen LogP contribution in [0.2, 0.25) is 0 Å². The minimum Gasteiger partial charge on any atom is -0.468 e. The zero-order valence-electron chi connectivity index (χ0n) is 10.4. The van der Waals surface area contributed by atoms with Crippen LogP contribution in [0.25, 0.3) is 0 Å². The first-order valence-corrected chi connectivity index (χ1v) is 5.94. The van der Waals surface area contributed by atoms with E-state index >= 15 is 0 Å². The molecule has 1 rings (SSSR count). The molecule has 16 heavy (non-hydrogen) atoms. The molecule has 1 fully saturated rings. The van der Waals surface area contributed by atoms with E-state index in [-0.39, 0.29) is 5.97 Å². The van der Waals surface area contributed by atoms with E-state index in [4.69, 9.17) is 10.5 Å². The van der Waals surface area contributed by atoms with E-state index in [0.29, 0.717) is 17.9 Å². The Morgan fingerprint density at radius 1 is 1.44 bits per heavy atom. The number of hydrogen-bond donors (Lipinski definition) is 1. The first kappa shape index (κ1) is 13.5. The summed E-state index contributed by atoms with van der Waals surface area (Å²) in [5.74, 6) is 0.769. The summed E-state index contributed by atoms with van der Waals surface area (Å²) in [6.45, 7) is 2.20. The Labute approximate surface area is 97.5 Å². The molecule has 0 amide bonds. The normalized spacial score (nSPS) is 32.1. The SMILES string of the molecule is COC(=O)C(N)CC1CCC(OC)C(C)C1. The van der Waals surface area contributed by atoms with Crippen LogP contribution in [0.15, 0.2) is 0 Å².